The molecule has 4 nitrogen and oxygen atoms in total. The smallest absolute Gasteiger partial charge is 0.247 e. The summed E-state index contributed by atoms with van der Waals surface area (Å²) in [5, 5.41) is 27.3. The zero-order chi connectivity index (χ0) is 9.24. The maximum absolute atomic E-state index is 9.44. The number of ether oxygens (including phenoxy) is 1. The largest absolute Gasteiger partial charge is 0.391 e. The summed E-state index contributed by atoms with van der Waals surface area (Å²) < 4.78 is 4.65. The third kappa shape index (κ3) is 1.61. The van der Waals surface area contributed by atoms with Gasteiger partial charge >= 0.3 is 0 Å². The fraction of sp³-hybridized carbons (Fsp3) is 1.00. The highest BCUT2D eigenvalue weighted by molar-refractivity contribution is 4.99. The SMILES string of the molecule is CCCCCC1(O)OC1(O)CO. The molecule has 0 saturated carbocycles. The molecule has 1 rings (SSSR count). The third-order valence-corrected chi connectivity index (χ3v) is 2.24. The van der Waals surface area contributed by atoms with E-state index in [0.717, 1.165) is 19.3 Å². The molecule has 0 aromatic heterocycles. The van der Waals surface area contributed by atoms with Crippen molar-refractivity contribution in [2.24, 2.45) is 0 Å². The molecule has 0 spiro atoms. The molecule has 1 saturated heterocycles. The van der Waals surface area contributed by atoms with Gasteiger partial charge in [-0.05, 0) is 6.42 Å². The van der Waals surface area contributed by atoms with Crippen molar-refractivity contribution in [1.29, 1.82) is 0 Å². The zero-order valence-electron chi connectivity index (χ0n) is 7.29. The molecule has 0 aromatic carbocycles. The minimum absolute atomic E-state index is 0.387. The molecule has 0 radical (unpaired) electrons. The minimum atomic E-state index is -1.69. The molecule has 2 unspecified atom stereocenters. The van der Waals surface area contributed by atoms with Gasteiger partial charge in [-0.3, -0.25) is 0 Å². The molecule has 2 atom stereocenters. The first-order valence-corrected chi connectivity index (χ1v) is 4.34. The van der Waals surface area contributed by atoms with Crippen molar-refractivity contribution in [1.82, 2.24) is 0 Å². The van der Waals surface area contributed by atoms with Crippen LogP contribution in [0.4, 0.5) is 0 Å². The van der Waals surface area contributed by atoms with Crippen LogP contribution in [-0.2, 0) is 4.74 Å². The van der Waals surface area contributed by atoms with E-state index >= 15 is 0 Å². The summed E-state index contributed by atoms with van der Waals surface area (Å²) in [7, 11) is 0. The average Bonchev–Trinajstić information content (AvgIpc) is 2.57. The van der Waals surface area contributed by atoms with Crippen LogP contribution in [0, 0.1) is 0 Å². The van der Waals surface area contributed by atoms with E-state index in [2.05, 4.69) is 11.7 Å². The Hall–Kier alpha value is -0.160. The quantitative estimate of drug-likeness (QED) is 0.406. The molecule has 0 amide bonds. The highest BCUT2D eigenvalue weighted by Gasteiger charge is 2.68. The van der Waals surface area contributed by atoms with Gasteiger partial charge in [-0.15, -0.1) is 0 Å². The van der Waals surface area contributed by atoms with E-state index < -0.39 is 18.2 Å². The first-order chi connectivity index (χ1) is 5.58. The fourth-order valence-electron chi connectivity index (χ4n) is 1.27. The fourth-order valence-corrected chi connectivity index (χ4v) is 1.27. The van der Waals surface area contributed by atoms with E-state index in [4.69, 9.17) is 5.11 Å². The van der Waals surface area contributed by atoms with Gasteiger partial charge in [0, 0.05) is 6.42 Å². The van der Waals surface area contributed by atoms with E-state index in [1.165, 1.54) is 0 Å². The molecular formula is C8H16O4. The lowest BCUT2D eigenvalue weighted by Gasteiger charge is -2.06. The Balaban J connectivity index is 2.25. The highest BCUT2D eigenvalue weighted by atomic mass is 16.8. The molecule has 3 N–H and O–H groups in total. The summed E-state index contributed by atoms with van der Waals surface area (Å²) in [6.07, 6.45) is 3.23. The van der Waals surface area contributed by atoms with Gasteiger partial charge in [-0.2, -0.15) is 0 Å². The molecule has 0 aromatic rings. The molecule has 1 aliphatic rings. The summed E-state index contributed by atoms with van der Waals surface area (Å²) in [6.45, 7) is 1.51. The molecule has 0 bridgehead atoms. The summed E-state index contributed by atoms with van der Waals surface area (Å²) >= 11 is 0. The summed E-state index contributed by atoms with van der Waals surface area (Å²) in [5.41, 5.74) is 0. The van der Waals surface area contributed by atoms with E-state index in [9.17, 15) is 10.2 Å². The molecule has 1 heterocycles. The van der Waals surface area contributed by atoms with Gasteiger partial charge in [-0.25, -0.2) is 0 Å². The van der Waals surface area contributed by atoms with Crippen LogP contribution in [0.3, 0.4) is 0 Å². The first-order valence-electron chi connectivity index (χ1n) is 4.34. The van der Waals surface area contributed by atoms with Gasteiger partial charge in [-0.1, -0.05) is 19.8 Å². The van der Waals surface area contributed by atoms with Crippen molar-refractivity contribution in [3.8, 4) is 0 Å². The number of rotatable bonds is 5. The number of unbranched alkanes of at least 4 members (excludes halogenated alkanes) is 2. The lowest BCUT2D eigenvalue weighted by molar-refractivity contribution is -0.0245. The summed E-state index contributed by atoms with van der Waals surface area (Å²) in [6, 6.07) is 0. The molecule has 4 heteroatoms. The second-order valence-electron chi connectivity index (χ2n) is 3.29. The molecule has 12 heavy (non-hydrogen) atoms. The van der Waals surface area contributed by atoms with Crippen molar-refractivity contribution in [2.45, 2.75) is 44.2 Å². The van der Waals surface area contributed by atoms with Gasteiger partial charge in [0.15, 0.2) is 0 Å². The van der Waals surface area contributed by atoms with Gasteiger partial charge in [0.05, 0.1) is 0 Å². The van der Waals surface area contributed by atoms with E-state index in [0.29, 0.717) is 6.42 Å². The van der Waals surface area contributed by atoms with Crippen molar-refractivity contribution in [3.63, 3.8) is 0 Å². The number of aliphatic hydroxyl groups is 3. The van der Waals surface area contributed by atoms with Crippen LogP contribution >= 0.6 is 0 Å². The van der Waals surface area contributed by atoms with Crippen LogP contribution in [0.25, 0.3) is 0 Å². The van der Waals surface area contributed by atoms with Gasteiger partial charge in [0.2, 0.25) is 11.6 Å². The predicted molar refractivity (Wildman–Crippen MR) is 42.2 cm³/mol. The highest BCUT2D eigenvalue weighted by Crippen LogP contribution is 2.46. The van der Waals surface area contributed by atoms with Crippen molar-refractivity contribution >= 4 is 0 Å². The second-order valence-corrected chi connectivity index (χ2v) is 3.29. The maximum atomic E-state index is 9.44. The minimum Gasteiger partial charge on any atom is -0.391 e. The Morgan fingerprint density at radius 3 is 2.25 bits per heavy atom. The zero-order valence-corrected chi connectivity index (χ0v) is 7.29. The van der Waals surface area contributed by atoms with Crippen molar-refractivity contribution in [2.75, 3.05) is 6.61 Å². The van der Waals surface area contributed by atoms with E-state index in [1.807, 2.05) is 0 Å². The predicted octanol–water partition coefficient (Wildman–Crippen LogP) is -0.0336. The normalized spacial score (nSPS) is 40.0. The lowest BCUT2D eigenvalue weighted by Crippen LogP contribution is -2.29. The maximum Gasteiger partial charge on any atom is 0.247 e. The second kappa shape index (κ2) is 3.30. The first kappa shape index (κ1) is 9.92. The van der Waals surface area contributed by atoms with Crippen LogP contribution in [0.5, 0.6) is 0 Å². The van der Waals surface area contributed by atoms with Gasteiger partial charge < -0.3 is 20.1 Å². The molecule has 1 fully saturated rings. The standard InChI is InChI=1S/C8H16O4/c1-2-3-4-5-7(10)8(11,6-9)12-7/h9-11H,2-6H2,1H3. The number of aliphatic hydroxyl groups excluding tert-OH is 1. The van der Waals surface area contributed by atoms with Crippen molar-refractivity contribution in [3.05, 3.63) is 0 Å². The molecule has 1 aliphatic heterocycles. The molecular weight excluding hydrogens is 160 g/mol. The Morgan fingerprint density at radius 1 is 1.17 bits per heavy atom. The topological polar surface area (TPSA) is 73.2 Å². The monoisotopic (exact) mass is 176 g/mol. The Kier molecular flexibility index (Phi) is 2.73. The molecule has 0 aliphatic carbocycles. The summed E-state index contributed by atoms with van der Waals surface area (Å²) in [5.74, 6) is -3.18. The average molecular weight is 176 g/mol. The van der Waals surface area contributed by atoms with Gasteiger partial charge in [0.25, 0.3) is 0 Å². The van der Waals surface area contributed by atoms with Crippen LogP contribution in [0.15, 0.2) is 0 Å². The Labute approximate surface area is 71.8 Å². The lowest BCUT2D eigenvalue weighted by atomic mass is 10.1. The van der Waals surface area contributed by atoms with Crippen LogP contribution < -0.4 is 0 Å². The number of epoxide rings is 1. The van der Waals surface area contributed by atoms with E-state index in [1.54, 1.807) is 0 Å². The third-order valence-electron chi connectivity index (χ3n) is 2.24. The van der Waals surface area contributed by atoms with Crippen LogP contribution in [-0.4, -0.2) is 33.5 Å². The number of hydrogen-bond acceptors (Lipinski definition) is 4. The van der Waals surface area contributed by atoms with Crippen LogP contribution in [0.1, 0.15) is 32.6 Å². The number of hydrogen-bond donors (Lipinski definition) is 3. The molecule has 72 valence electrons. The Bertz CT molecular complexity index is 161. The van der Waals surface area contributed by atoms with Crippen LogP contribution in [0.2, 0.25) is 0 Å². The van der Waals surface area contributed by atoms with E-state index in [-0.39, 0.29) is 0 Å². The van der Waals surface area contributed by atoms with Crippen molar-refractivity contribution < 1.29 is 20.1 Å². The summed E-state index contributed by atoms with van der Waals surface area (Å²) in [4.78, 5) is 0. The Morgan fingerprint density at radius 2 is 1.83 bits per heavy atom. The van der Waals surface area contributed by atoms with Gasteiger partial charge in [0.1, 0.15) is 6.61 Å².